The molecule has 0 spiro atoms. The SMILES string of the molecule is C.C.C.C.C.C.CC.CC.CC.CC(=O)c1ccc(C)cc1.CC(=O)c1ccc(N)cc1.N.Nc1ccc(C(=O)O)cc1.[BH4-]. The summed E-state index contributed by atoms with van der Waals surface area (Å²) in [6.45, 7) is 17.1. The van der Waals surface area contributed by atoms with Crippen molar-refractivity contribution in [2.45, 2.75) is 107 Å². The monoisotopic (exact) mass is 625 g/mol. The van der Waals surface area contributed by atoms with Crippen LogP contribution >= 0.6 is 0 Å². The Morgan fingerprint density at radius 3 is 0.909 bits per heavy atom. The number of rotatable bonds is 3. The number of aromatic carboxylic acids is 1. The van der Waals surface area contributed by atoms with Crippen LogP contribution in [-0.4, -0.2) is 31.1 Å². The molecular formula is C36H75BN3O4-. The number of Topliss-reactive ketones (excluding diaryl/α,β-unsaturated/α-hetero) is 2. The Morgan fingerprint density at radius 1 is 0.500 bits per heavy atom. The van der Waals surface area contributed by atoms with Crippen molar-refractivity contribution in [3.05, 3.63) is 95.1 Å². The lowest BCUT2D eigenvalue weighted by Crippen LogP contribution is -1.95. The molecule has 7 nitrogen and oxygen atoms in total. The normalized spacial score (nSPS) is 6.75. The molecule has 0 aromatic heterocycles. The molecule has 0 amide bonds. The van der Waals surface area contributed by atoms with E-state index in [2.05, 4.69) is 0 Å². The molecule has 0 saturated carbocycles. The highest BCUT2D eigenvalue weighted by Crippen LogP contribution is 2.06. The van der Waals surface area contributed by atoms with Crippen LogP contribution in [0.4, 0.5) is 11.4 Å². The number of carboxylic acid groups (broad SMARTS) is 1. The van der Waals surface area contributed by atoms with Gasteiger partial charge in [0.25, 0.3) is 0 Å². The zero-order valence-electron chi connectivity index (χ0n) is 24.0. The number of anilines is 2. The topological polar surface area (TPSA) is 158 Å². The van der Waals surface area contributed by atoms with Crippen LogP contribution < -0.4 is 17.6 Å². The molecule has 0 aliphatic carbocycles. The van der Waals surface area contributed by atoms with Crippen molar-refractivity contribution in [3.63, 3.8) is 0 Å². The molecular weight excluding hydrogens is 549 g/mol. The standard InChI is InChI=1S/C9H10O.C8H9NO.C7H7NO2.3C2H6.6CH4.BH4.H3N/c1-7-3-5-9(6-4-7)8(2)10;1-6(10)7-2-4-8(9)5-3-7;8-6-3-1-5(2-4-6)7(9)10;3*1-2;;;;;;;;/h3-6H,1-2H3;2-5H,9H2,1H3;1-4H,8H2,(H,9,10);3*1-2H3;7*1H4;1H3/q;;;;;;;;;;;;-1;. The Kier molecular flexibility index (Phi) is 75.8. The number of carbonyl (C=O) groups is 3. The summed E-state index contributed by atoms with van der Waals surface area (Å²) in [6, 6.07) is 20.5. The van der Waals surface area contributed by atoms with E-state index in [4.69, 9.17) is 16.6 Å². The minimum absolute atomic E-state index is 0. The number of hydrogen-bond acceptors (Lipinski definition) is 6. The largest absolute Gasteiger partial charge is 0.478 e. The highest BCUT2D eigenvalue weighted by Gasteiger charge is 1.99. The van der Waals surface area contributed by atoms with Gasteiger partial charge >= 0.3 is 5.97 Å². The van der Waals surface area contributed by atoms with Crippen LogP contribution in [0.25, 0.3) is 0 Å². The maximum Gasteiger partial charge on any atom is 0.335 e. The van der Waals surface area contributed by atoms with Gasteiger partial charge in [-0.25, -0.2) is 4.79 Å². The summed E-state index contributed by atoms with van der Waals surface area (Å²) in [5.74, 6) is -0.736. The molecule has 8 heteroatoms. The van der Waals surface area contributed by atoms with E-state index in [9.17, 15) is 14.4 Å². The van der Waals surface area contributed by atoms with Gasteiger partial charge in [-0.05, 0) is 69.3 Å². The van der Waals surface area contributed by atoms with E-state index in [0.717, 1.165) is 5.56 Å². The second-order valence-electron chi connectivity index (χ2n) is 6.53. The van der Waals surface area contributed by atoms with Gasteiger partial charge in [0.1, 0.15) is 0 Å². The van der Waals surface area contributed by atoms with Gasteiger partial charge in [0.15, 0.2) is 11.6 Å². The highest BCUT2D eigenvalue weighted by atomic mass is 16.4. The Bertz CT molecular complexity index is 859. The van der Waals surface area contributed by atoms with Gasteiger partial charge in [-0.3, -0.25) is 9.59 Å². The highest BCUT2D eigenvalue weighted by molar-refractivity contribution is 5.94. The maximum atomic E-state index is 10.8. The van der Waals surface area contributed by atoms with Crippen molar-refractivity contribution in [1.29, 1.82) is 0 Å². The molecule has 0 bridgehead atoms. The second-order valence-corrected chi connectivity index (χ2v) is 6.53. The van der Waals surface area contributed by atoms with Gasteiger partial charge in [-0.1, -0.05) is 124 Å². The number of nitrogens with two attached hydrogens (primary N) is 2. The van der Waals surface area contributed by atoms with Crippen molar-refractivity contribution >= 4 is 37.3 Å². The van der Waals surface area contributed by atoms with Crippen LogP contribution in [0.2, 0.25) is 0 Å². The smallest absolute Gasteiger partial charge is 0.335 e. The van der Waals surface area contributed by atoms with E-state index in [0.29, 0.717) is 16.9 Å². The Morgan fingerprint density at radius 2 is 0.705 bits per heavy atom. The van der Waals surface area contributed by atoms with E-state index in [1.54, 1.807) is 43.3 Å². The molecule has 0 saturated heterocycles. The molecule has 262 valence electrons. The van der Waals surface area contributed by atoms with E-state index in [1.165, 1.54) is 24.6 Å². The van der Waals surface area contributed by atoms with Crippen LogP contribution in [0.1, 0.15) is 137 Å². The summed E-state index contributed by atoms with van der Waals surface area (Å²) < 4.78 is 0. The molecule has 8 N–H and O–H groups in total. The molecule has 3 rings (SSSR count). The van der Waals surface area contributed by atoms with Crippen molar-refractivity contribution in [3.8, 4) is 0 Å². The number of aryl methyl sites for hydroxylation is 1. The zero-order chi connectivity index (χ0) is 28.7. The Labute approximate surface area is 276 Å². The van der Waals surface area contributed by atoms with Crippen LogP contribution in [0.3, 0.4) is 0 Å². The van der Waals surface area contributed by atoms with Crippen molar-refractivity contribution in [2.24, 2.45) is 0 Å². The van der Waals surface area contributed by atoms with Gasteiger partial charge < -0.3 is 22.7 Å². The molecule has 0 heterocycles. The lowest BCUT2D eigenvalue weighted by atomic mass is 10.1. The van der Waals surface area contributed by atoms with Gasteiger partial charge in [0.05, 0.1) is 5.56 Å². The van der Waals surface area contributed by atoms with Crippen molar-refractivity contribution in [1.82, 2.24) is 6.15 Å². The number of carboxylic acids is 1. The van der Waals surface area contributed by atoms with Gasteiger partial charge in [0.2, 0.25) is 0 Å². The third-order valence-corrected chi connectivity index (χ3v) is 3.93. The first-order valence-corrected chi connectivity index (χ1v) is 12.1. The van der Waals surface area contributed by atoms with Crippen LogP contribution in [0, 0.1) is 6.92 Å². The van der Waals surface area contributed by atoms with Gasteiger partial charge in [-0.15, -0.1) is 0 Å². The second kappa shape index (κ2) is 46.1. The molecule has 0 fully saturated rings. The van der Waals surface area contributed by atoms with E-state index >= 15 is 0 Å². The summed E-state index contributed by atoms with van der Waals surface area (Å²) >= 11 is 0. The Balaban J connectivity index is -0.0000000350. The van der Waals surface area contributed by atoms with E-state index in [-0.39, 0.29) is 76.3 Å². The predicted molar refractivity (Wildman–Crippen MR) is 211 cm³/mol. The van der Waals surface area contributed by atoms with Crippen LogP contribution in [-0.2, 0) is 0 Å². The van der Waals surface area contributed by atoms with Crippen molar-refractivity contribution in [2.75, 3.05) is 11.5 Å². The fourth-order valence-electron chi connectivity index (χ4n) is 2.13. The first kappa shape index (κ1) is 72.4. The molecule has 0 unspecified atom stereocenters. The molecule has 0 atom stereocenters. The van der Waals surface area contributed by atoms with Crippen LogP contribution in [0.5, 0.6) is 0 Å². The fraction of sp³-hybridized carbons (Fsp3) is 0.417. The third-order valence-electron chi connectivity index (χ3n) is 3.93. The molecule has 0 radical (unpaired) electrons. The van der Waals surface area contributed by atoms with Gasteiger partial charge in [-0.2, -0.15) is 0 Å². The zero-order valence-corrected chi connectivity index (χ0v) is 24.0. The predicted octanol–water partition coefficient (Wildman–Crippen LogP) is 10.2. The number of benzene rings is 3. The summed E-state index contributed by atoms with van der Waals surface area (Å²) in [5.41, 5.74) is 14.9. The number of carbonyl (C=O) groups excluding carboxylic acids is 2. The number of ketones is 2. The maximum absolute atomic E-state index is 10.8. The van der Waals surface area contributed by atoms with Crippen LogP contribution in [0.15, 0.2) is 72.8 Å². The molecule has 0 aliphatic rings. The molecule has 3 aromatic rings. The van der Waals surface area contributed by atoms with E-state index < -0.39 is 5.97 Å². The lowest BCUT2D eigenvalue weighted by molar-refractivity contribution is 0.0696. The number of nitrogen functional groups attached to an aromatic ring is 2. The average molecular weight is 625 g/mol. The molecule has 3 aromatic carbocycles. The molecule has 44 heavy (non-hydrogen) atoms. The molecule has 0 aliphatic heterocycles. The summed E-state index contributed by atoms with van der Waals surface area (Å²) in [4.78, 5) is 31.7. The minimum Gasteiger partial charge on any atom is -0.478 e. The first-order chi connectivity index (χ1) is 17.1. The third kappa shape index (κ3) is 36.1. The van der Waals surface area contributed by atoms with Crippen molar-refractivity contribution < 1.29 is 19.5 Å². The first-order valence-electron chi connectivity index (χ1n) is 12.1. The quantitative estimate of drug-likeness (QED) is 0.128. The number of hydrogen-bond donors (Lipinski definition) is 4. The Hall–Kier alpha value is -3.91. The van der Waals surface area contributed by atoms with E-state index in [1.807, 2.05) is 72.7 Å². The lowest BCUT2D eigenvalue weighted by Gasteiger charge is -1.94. The summed E-state index contributed by atoms with van der Waals surface area (Å²) in [5, 5.41) is 8.43. The fourth-order valence-corrected chi connectivity index (χ4v) is 2.13. The average Bonchev–Trinajstić information content (AvgIpc) is 2.89. The summed E-state index contributed by atoms with van der Waals surface area (Å²) in [7, 11) is 0. The minimum atomic E-state index is -0.931. The summed E-state index contributed by atoms with van der Waals surface area (Å²) in [6.07, 6.45) is 0. The van der Waals surface area contributed by atoms with Gasteiger partial charge in [0, 0.05) is 22.5 Å².